The standard InChI is InChI=1S/C18H16ClNO3S/c1-11(18(22)23)16-17(21)20(10-12-5-4-6-13(19)9-12)14-7-2-3-8-15(14)24-16/h2-9,11,16H,10H2,1H3,(H,22,23)/p-1. The molecule has 1 aliphatic rings. The van der Waals surface area contributed by atoms with Crippen molar-refractivity contribution in [1.82, 2.24) is 0 Å². The van der Waals surface area contributed by atoms with Crippen molar-refractivity contribution in [2.24, 2.45) is 5.92 Å². The molecular weight excluding hydrogens is 346 g/mol. The van der Waals surface area contributed by atoms with E-state index in [4.69, 9.17) is 11.6 Å². The maximum Gasteiger partial charge on any atom is 0.241 e. The molecule has 2 atom stereocenters. The van der Waals surface area contributed by atoms with Crippen LogP contribution in [0.3, 0.4) is 0 Å². The Morgan fingerprint density at radius 2 is 2.04 bits per heavy atom. The monoisotopic (exact) mass is 360 g/mol. The number of amides is 1. The molecule has 0 radical (unpaired) electrons. The van der Waals surface area contributed by atoms with Crippen molar-refractivity contribution >= 4 is 40.9 Å². The van der Waals surface area contributed by atoms with Crippen LogP contribution in [-0.2, 0) is 16.1 Å². The number of anilines is 1. The van der Waals surface area contributed by atoms with Crippen LogP contribution >= 0.6 is 23.4 Å². The summed E-state index contributed by atoms with van der Waals surface area (Å²) in [7, 11) is 0. The first-order valence-electron chi connectivity index (χ1n) is 7.49. The molecule has 6 heteroatoms. The van der Waals surface area contributed by atoms with E-state index < -0.39 is 17.1 Å². The molecule has 3 rings (SSSR count). The predicted molar refractivity (Wildman–Crippen MR) is 92.9 cm³/mol. The molecule has 0 saturated carbocycles. The first-order valence-corrected chi connectivity index (χ1v) is 8.75. The lowest BCUT2D eigenvalue weighted by atomic mass is 10.1. The number of hydrogen-bond donors (Lipinski definition) is 0. The van der Waals surface area contributed by atoms with E-state index in [0.717, 1.165) is 16.1 Å². The molecule has 124 valence electrons. The Kier molecular flexibility index (Phi) is 4.83. The van der Waals surface area contributed by atoms with Gasteiger partial charge in [0.1, 0.15) is 0 Å². The second-order valence-electron chi connectivity index (χ2n) is 5.67. The summed E-state index contributed by atoms with van der Waals surface area (Å²) in [5.74, 6) is -2.32. The first kappa shape index (κ1) is 16.9. The fourth-order valence-corrected chi connectivity index (χ4v) is 4.15. The Bertz CT molecular complexity index is 795. The predicted octanol–water partition coefficient (Wildman–Crippen LogP) is 2.73. The van der Waals surface area contributed by atoms with Gasteiger partial charge in [-0.25, -0.2) is 0 Å². The van der Waals surface area contributed by atoms with Crippen molar-refractivity contribution in [1.29, 1.82) is 0 Å². The minimum atomic E-state index is -1.22. The molecule has 1 amide bonds. The highest BCUT2D eigenvalue weighted by molar-refractivity contribution is 8.01. The molecule has 2 aromatic rings. The molecule has 2 aromatic carbocycles. The fraction of sp³-hybridized carbons (Fsp3) is 0.222. The summed E-state index contributed by atoms with van der Waals surface area (Å²) in [5, 5.41) is 11.1. The van der Waals surface area contributed by atoms with Gasteiger partial charge in [0, 0.05) is 21.8 Å². The zero-order chi connectivity index (χ0) is 17.3. The van der Waals surface area contributed by atoms with Crippen molar-refractivity contribution in [3.05, 3.63) is 59.1 Å². The molecule has 0 spiro atoms. The van der Waals surface area contributed by atoms with Gasteiger partial charge in [-0.2, -0.15) is 0 Å². The maximum absolute atomic E-state index is 12.9. The molecule has 0 fully saturated rings. The molecule has 0 N–H and O–H groups in total. The number of fused-ring (bicyclic) bond motifs is 1. The average Bonchev–Trinajstić information content (AvgIpc) is 2.56. The van der Waals surface area contributed by atoms with Crippen LogP contribution in [0.2, 0.25) is 5.02 Å². The first-order chi connectivity index (χ1) is 11.5. The van der Waals surface area contributed by atoms with Crippen LogP contribution < -0.4 is 10.0 Å². The van der Waals surface area contributed by atoms with E-state index in [1.807, 2.05) is 36.4 Å². The number of benzene rings is 2. The van der Waals surface area contributed by atoms with Crippen molar-refractivity contribution in [2.45, 2.75) is 23.6 Å². The van der Waals surface area contributed by atoms with Gasteiger partial charge in [-0.15, -0.1) is 11.8 Å². The molecule has 1 heterocycles. The van der Waals surface area contributed by atoms with E-state index in [9.17, 15) is 14.7 Å². The lowest BCUT2D eigenvalue weighted by Gasteiger charge is -2.36. The van der Waals surface area contributed by atoms with Crippen LogP contribution in [0.1, 0.15) is 12.5 Å². The van der Waals surface area contributed by atoms with E-state index in [-0.39, 0.29) is 5.91 Å². The summed E-state index contributed by atoms with van der Waals surface area (Å²) in [4.78, 5) is 26.7. The summed E-state index contributed by atoms with van der Waals surface area (Å²) < 4.78 is 0. The third-order valence-electron chi connectivity index (χ3n) is 3.98. The van der Waals surface area contributed by atoms with Crippen molar-refractivity contribution < 1.29 is 14.7 Å². The maximum atomic E-state index is 12.9. The molecule has 1 aliphatic heterocycles. The minimum absolute atomic E-state index is 0.227. The second-order valence-corrected chi connectivity index (χ2v) is 7.29. The molecule has 2 unspecified atom stereocenters. The smallest absolute Gasteiger partial charge is 0.241 e. The van der Waals surface area contributed by atoms with E-state index in [1.165, 1.54) is 18.7 Å². The third-order valence-corrected chi connectivity index (χ3v) is 5.67. The Morgan fingerprint density at radius 1 is 1.29 bits per heavy atom. The average molecular weight is 361 g/mol. The number of carbonyl (C=O) groups is 2. The van der Waals surface area contributed by atoms with Gasteiger partial charge in [-0.1, -0.05) is 42.8 Å². The molecule has 0 aliphatic carbocycles. The van der Waals surface area contributed by atoms with E-state index >= 15 is 0 Å². The highest BCUT2D eigenvalue weighted by Gasteiger charge is 2.37. The van der Waals surface area contributed by atoms with Crippen LogP contribution in [0.4, 0.5) is 5.69 Å². The van der Waals surface area contributed by atoms with E-state index in [0.29, 0.717) is 11.6 Å². The molecule has 0 saturated heterocycles. The summed E-state index contributed by atoms with van der Waals surface area (Å²) >= 11 is 7.31. The lowest BCUT2D eigenvalue weighted by Crippen LogP contribution is -2.47. The van der Waals surface area contributed by atoms with Crippen molar-refractivity contribution in [3.63, 3.8) is 0 Å². The van der Waals surface area contributed by atoms with Crippen molar-refractivity contribution in [2.75, 3.05) is 4.90 Å². The number of carboxylic acids is 1. The van der Waals surface area contributed by atoms with E-state index in [2.05, 4.69) is 0 Å². The number of carboxylic acid groups (broad SMARTS) is 1. The summed E-state index contributed by atoms with van der Waals surface area (Å²) in [6.07, 6.45) is 0. The Labute approximate surface area is 149 Å². The fourth-order valence-electron chi connectivity index (χ4n) is 2.66. The number of halogens is 1. The second kappa shape index (κ2) is 6.87. The summed E-state index contributed by atoms with van der Waals surface area (Å²) in [5.41, 5.74) is 1.67. The minimum Gasteiger partial charge on any atom is -0.550 e. The Balaban J connectivity index is 1.99. The Morgan fingerprint density at radius 3 is 2.75 bits per heavy atom. The topological polar surface area (TPSA) is 60.4 Å². The number of nitrogens with zero attached hydrogens (tertiary/aromatic N) is 1. The molecule has 0 bridgehead atoms. The van der Waals surface area contributed by atoms with Gasteiger partial charge in [0.15, 0.2) is 0 Å². The van der Waals surface area contributed by atoms with Gasteiger partial charge in [0.05, 0.1) is 17.5 Å². The van der Waals surface area contributed by atoms with Crippen LogP contribution in [0.5, 0.6) is 0 Å². The molecular formula is C18H15ClNO3S-. The zero-order valence-electron chi connectivity index (χ0n) is 12.9. The highest BCUT2D eigenvalue weighted by Crippen LogP contribution is 2.42. The van der Waals surface area contributed by atoms with Crippen LogP contribution in [0.25, 0.3) is 0 Å². The normalized spacial score (nSPS) is 18.2. The number of carbonyl (C=O) groups excluding carboxylic acids is 2. The van der Waals surface area contributed by atoms with Crippen LogP contribution in [-0.4, -0.2) is 17.1 Å². The quantitative estimate of drug-likeness (QED) is 0.841. The highest BCUT2D eigenvalue weighted by atomic mass is 35.5. The van der Waals surface area contributed by atoms with Gasteiger partial charge in [-0.05, 0) is 29.8 Å². The summed E-state index contributed by atoms with van der Waals surface area (Å²) in [6.45, 7) is 1.85. The Hall–Kier alpha value is -1.98. The van der Waals surface area contributed by atoms with Gasteiger partial charge >= 0.3 is 0 Å². The van der Waals surface area contributed by atoms with Crippen LogP contribution in [0, 0.1) is 5.92 Å². The molecule has 24 heavy (non-hydrogen) atoms. The van der Waals surface area contributed by atoms with Gasteiger partial charge < -0.3 is 14.8 Å². The van der Waals surface area contributed by atoms with E-state index in [1.54, 1.807) is 17.0 Å². The largest absolute Gasteiger partial charge is 0.550 e. The SMILES string of the molecule is CC(C(=O)[O-])C1Sc2ccccc2N(Cc2cccc(Cl)c2)C1=O. The molecule has 4 nitrogen and oxygen atoms in total. The number of para-hydroxylation sites is 1. The lowest BCUT2D eigenvalue weighted by molar-refractivity contribution is -0.310. The number of thioether (sulfide) groups is 1. The zero-order valence-corrected chi connectivity index (χ0v) is 14.5. The van der Waals surface area contributed by atoms with Crippen LogP contribution in [0.15, 0.2) is 53.4 Å². The van der Waals surface area contributed by atoms with Gasteiger partial charge in [0.25, 0.3) is 0 Å². The van der Waals surface area contributed by atoms with Gasteiger partial charge in [0.2, 0.25) is 5.91 Å². The number of aliphatic carboxylic acids is 1. The summed E-state index contributed by atoms with van der Waals surface area (Å²) in [6, 6.07) is 14.8. The van der Waals surface area contributed by atoms with Crippen molar-refractivity contribution in [3.8, 4) is 0 Å². The number of hydrogen-bond acceptors (Lipinski definition) is 4. The molecule has 0 aromatic heterocycles. The van der Waals surface area contributed by atoms with Gasteiger partial charge in [-0.3, -0.25) is 4.79 Å². The third kappa shape index (κ3) is 3.28. The number of rotatable bonds is 4.